The van der Waals surface area contributed by atoms with Crippen molar-refractivity contribution in [1.82, 2.24) is 0 Å². The molecule has 1 unspecified atom stereocenters. The highest BCUT2D eigenvalue weighted by Crippen LogP contribution is 2.27. The number of carbonyl (C=O) groups excluding carboxylic acids is 1. The summed E-state index contributed by atoms with van der Waals surface area (Å²) >= 11 is 14.8. The van der Waals surface area contributed by atoms with Crippen molar-refractivity contribution >= 4 is 44.9 Å². The Hall–Kier alpha value is -0.0500. The molecule has 0 saturated heterocycles. The Morgan fingerprint density at radius 3 is 2.62 bits per heavy atom. The van der Waals surface area contributed by atoms with Crippen LogP contribution in [0.5, 0.6) is 0 Å². The van der Waals surface area contributed by atoms with Crippen molar-refractivity contribution in [3.05, 3.63) is 33.8 Å². The van der Waals surface area contributed by atoms with E-state index < -0.39 is 0 Å². The van der Waals surface area contributed by atoms with E-state index in [0.29, 0.717) is 15.6 Å². The molecule has 0 radical (unpaired) electrons. The van der Waals surface area contributed by atoms with Crippen molar-refractivity contribution in [2.75, 3.05) is 0 Å². The quantitative estimate of drug-likeness (QED) is 0.592. The molecule has 1 aromatic rings. The number of hydrogen-bond donors (Lipinski definition) is 0. The normalized spacial score (nSPS) is 12.6. The lowest BCUT2D eigenvalue weighted by Gasteiger charge is -2.05. The first-order chi connectivity index (χ1) is 6.04. The van der Waals surface area contributed by atoms with Crippen molar-refractivity contribution < 1.29 is 4.79 Å². The molecular formula is C9H7BrCl2O. The Balaban J connectivity index is 3.15. The predicted octanol–water partition coefficient (Wildman–Crippen LogP) is 3.96. The Labute approximate surface area is 95.2 Å². The smallest absolute Gasteiger partial charge is 0.177 e. The van der Waals surface area contributed by atoms with Gasteiger partial charge in [-0.15, -0.1) is 0 Å². The number of halogens is 3. The van der Waals surface area contributed by atoms with Gasteiger partial charge in [-0.05, 0) is 19.1 Å². The third-order valence-corrected chi connectivity index (χ3v) is 2.81. The SMILES string of the molecule is CC(Br)C(=O)c1cccc(Cl)c1Cl. The number of Topliss-reactive ketones (excluding diaryl/α,β-unsaturated/α-hetero) is 1. The number of ketones is 1. The highest BCUT2D eigenvalue weighted by atomic mass is 79.9. The zero-order valence-electron chi connectivity index (χ0n) is 6.85. The maximum Gasteiger partial charge on any atom is 0.177 e. The average molecular weight is 282 g/mol. The van der Waals surface area contributed by atoms with Gasteiger partial charge in [0.15, 0.2) is 5.78 Å². The lowest BCUT2D eigenvalue weighted by atomic mass is 10.1. The molecule has 0 aliphatic rings. The van der Waals surface area contributed by atoms with Crippen LogP contribution >= 0.6 is 39.1 Å². The number of alkyl halides is 1. The van der Waals surface area contributed by atoms with Crippen LogP contribution in [0, 0.1) is 0 Å². The summed E-state index contributed by atoms with van der Waals surface area (Å²) in [5, 5.41) is 0.723. The van der Waals surface area contributed by atoms with Crippen LogP contribution in [0.3, 0.4) is 0 Å². The number of carbonyl (C=O) groups is 1. The van der Waals surface area contributed by atoms with Gasteiger partial charge in [-0.1, -0.05) is 45.2 Å². The van der Waals surface area contributed by atoms with E-state index in [1.54, 1.807) is 25.1 Å². The van der Waals surface area contributed by atoms with Gasteiger partial charge in [0.05, 0.1) is 14.9 Å². The fraction of sp³-hybridized carbons (Fsp3) is 0.222. The Morgan fingerprint density at radius 1 is 1.46 bits per heavy atom. The molecule has 1 atom stereocenters. The minimum atomic E-state index is -0.247. The fourth-order valence-corrected chi connectivity index (χ4v) is 1.55. The van der Waals surface area contributed by atoms with Crippen molar-refractivity contribution in [3.63, 3.8) is 0 Å². The van der Waals surface area contributed by atoms with Crippen molar-refractivity contribution in [3.8, 4) is 0 Å². The van der Waals surface area contributed by atoms with Gasteiger partial charge in [0.1, 0.15) is 0 Å². The molecule has 0 aliphatic carbocycles. The highest BCUT2D eigenvalue weighted by Gasteiger charge is 2.16. The summed E-state index contributed by atoms with van der Waals surface area (Å²) in [7, 11) is 0. The second kappa shape index (κ2) is 4.45. The van der Waals surface area contributed by atoms with Crippen LogP contribution in [0.4, 0.5) is 0 Å². The van der Waals surface area contributed by atoms with E-state index in [9.17, 15) is 4.79 Å². The summed E-state index contributed by atoms with van der Waals surface area (Å²) in [6.45, 7) is 1.75. The minimum absolute atomic E-state index is 0.0625. The first-order valence-electron chi connectivity index (χ1n) is 3.66. The van der Waals surface area contributed by atoms with Crippen molar-refractivity contribution in [2.24, 2.45) is 0 Å². The summed E-state index contributed by atoms with van der Waals surface area (Å²) in [6, 6.07) is 5.02. The third kappa shape index (κ3) is 2.46. The Kier molecular flexibility index (Phi) is 3.77. The third-order valence-electron chi connectivity index (χ3n) is 1.58. The second-order valence-electron chi connectivity index (χ2n) is 2.58. The van der Waals surface area contributed by atoms with Crippen molar-refractivity contribution in [2.45, 2.75) is 11.8 Å². The summed E-state index contributed by atoms with van der Waals surface area (Å²) in [6.07, 6.45) is 0. The number of hydrogen-bond acceptors (Lipinski definition) is 1. The van der Waals surface area contributed by atoms with Crippen LogP contribution in [-0.2, 0) is 0 Å². The molecule has 0 fully saturated rings. The number of benzene rings is 1. The molecule has 0 aliphatic heterocycles. The van der Waals surface area contributed by atoms with Gasteiger partial charge in [0, 0.05) is 5.56 Å². The van der Waals surface area contributed by atoms with Crippen LogP contribution in [-0.4, -0.2) is 10.6 Å². The second-order valence-corrected chi connectivity index (χ2v) is 4.74. The first kappa shape index (κ1) is 11.0. The lowest BCUT2D eigenvalue weighted by molar-refractivity contribution is 0.0996. The van der Waals surface area contributed by atoms with Crippen molar-refractivity contribution in [1.29, 1.82) is 0 Å². The van der Waals surface area contributed by atoms with Gasteiger partial charge >= 0.3 is 0 Å². The molecule has 0 saturated carbocycles. The predicted molar refractivity (Wildman–Crippen MR) is 59.2 cm³/mol. The van der Waals surface area contributed by atoms with E-state index in [4.69, 9.17) is 23.2 Å². The monoisotopic (exact) mass is 280 g/mol. The molecule has 1 aromatic carbocycles. The van der Waals surface area contributed by atoms with Gasteiger partial charge in [0.2, 0.25) is 0 Å². The van der Waals surface area contributed by atoms with E-state index in [1.165, 1.54) is 0 Å². The summed E-state index contributed by atoms with van der Waals surface area (Å²) in [5.41, 5.74) is 0.457. The highest BCUT2D eigenvalue weighted by molar-refractivity contribution is 9.10. The maximum atomic E-state index is 11.5. The van der Waals surface area contributed by atoms with Gasteiger partial charge < -0.3 is 0 Å². The van der Waals surface area contributed by atoms with Crippen LogP contribution in [0.2, 0.25) is 10.0 Å². The van der Waals surface area contributed by atoms with Crippen LogP contribution in [0.1, 0.15) is 17.3 Å². The van der Waals surface area contributed by atoms with Crippen LogP contribution < -0.4 is 0 Å². The Bertz CT molecular complexity index is 336. The molecule has 0 bridgehead atoms. The first-order valence-corrected chi connectivity index (χ1v) is 5.33. The topological polar surface area (TPSA) is 17.1 Å². The molecule has 13 heavy (non-hydrogen) atoms. The molecule has 70 valence electrons. The summed E-state index contributed by atoms with van der Waals surface area (Å²) in [4.78, 5) is 11.3. The summed E-state index contributed by atoms with van der Waals surface area (Å²) < 4.78 is 0. The van der Waals surface area contributed by atoms with Crippen LogP contribution in [0.25, 0.3) is 0 Å². The molecule has 1 nitrogen and oxygen atoms in total. The van der Waals surface area contributed by atoms with E-state index in [1.807, 2.05) is 0 Å². The largest absolute Gasteiger partial charge is 0.293 e. The van der Waals surface area contributed by atoms with E-state index in [2.05, 4.69) is 15.9 Å². The van der Waals surface area contributed by atoms with Gasteiger partial charge in [-0.25, -0.2) is 0 Å². The van der Waals surface area contributed by atoms with Gasteiger partial charge in [-0.2, -0.15) is 0 Å². The fourth-order valence-electron chi connectivity index (χ4n) is 0.908. The van der Waals surface area contributed by atoms with Gasteiger partial charge in [-0.3, -0.25) is 4.79 Å². The molecule has 0 amide bonds. The number of rotatable bonds is 2. The maximum absolute atomic E-state index is 11.5. The minimum Gasteiger partial charge on any atom is -0.293 e. The molecule has 0 spiro atoms. The van der Waals surface area contributed by atoms with E-state index in [0.717, 1.165) is 0 Å². The van der Waals surface area contributed by atoms with Crippen LogP contribution in [0.15, 0.2) is 18.2 Å². The molecule has 4 heteroatoms. The molecular weight excluding hydrogens is 275 g/mol. The standard InChI is InChI=1S/C9H7BrCl2O/c1-5(10)9(13)6-3-2-4-7(11)8(6)12/h2-5H,1H3. The molecule has 0 N–H and O–H groups in total. The Morgan fingerprint density at radius 2 is 2.08 bits per heavy atom. The molecule has 0 aromatic heterocycles. The van der Waals surface area contributed by atoms with E-state index >= 15 is 0 Å². The zero-order valence-corrected chi connectivity index (χ0v) is 9.95. The molecule has 1 rings (SSSR count). The summed E-state index contributed by atoms with van der Waals surface area (Å²) in [5.74, 6) is -0.0625. The van der Waals surface area contributed by atoms with E-state index in [-0.39, 0.29) is 10.6 Å². The zero-order chi connectivity index (χ0) is 10.0. The lowest BCUT2D eigenvalue weighted by Crippen LogP contribution is -2.10. The van der Waals surface area contributed by atoms with Gasteiger partial charge in [0.25, 0.3) is 0 Å². The molecule has 0 heterocycles. The average Bonchev–Trinajstić information content (AvgIpc) is 2.08.